The number of aliphatic hydroxyl groups is 1. The van der Waals surface area contributed by atoms with Crippen LogP contribution in [0.5, 0.6) is 0 Å². The highest BCUT2D eigenvalue weighted by molar-refractivity contribution is 9.10. The van der Waals surface area contributed by atoms with Crippen molar-refractivity contribution in [2.75, 3.05) is 13.2 Å². The SMILES string of the molecule is O=C(NCCO)C1Cc2ccc(Br)cc2C1. The van der Waals surface area contributed by atoms with Gasteiger partial charge in [-0.05, 0) is 36.1 Å². The molecule has 0 aromatic heterocycles. The number of carbonyl (C=O) groups is 1. The number of nitrogens with one attached hydrogen (secondary N) is 1. The smallest absolute Gasteiger partial charge is 0.223 e. The van der Waals surface area contributed by atoms with Crippen LogP contribution in [-0.4, -0.2) is 24.2 Å². The number of halogens is 1. The molecule has 0 radical (unpaired) electrons. The van der Waals surface area contributed by atoms with Gasteiger partial charge in [0.1, 0.15) is 0 Å². The maximum absolute atomic E-state index is 11.7. The van der Waals surface area contributed by atoms with Gasteiger partial charge in [0.2, 0.25) is 5.91 Å². The fraction of sp³-hybridized carbons (Fsp3) is 0.417. The van der Waals surface area contributed by atoms with E-state index in [1.165, 1.54) is 11.1 Å². The molecule has 2 rings (SSSR count). The van der Waals surface area contributed by atoms with Crippen molar-refractivity contribution >= 4 is 21.8 Å². The van der Waals surface area contributed by atoms with Crippen molar-refractivity contribution in [2.45, 2.75) is 12.8 Å². The number of fused-ring (bicyclic) bond motifs is 1. The Kier molecular flexibility index (Phi) is 3.61. The molecule has 1 unspecified atom stereocenters. The van der Waals surface area contributed by atoms with Gasteiger partial charge in [-0.15, -0.1) is 0 Å². The first-order chi connectivity index (χ1) is 7.70. The summed E-state index contributed by atoms with van der Waals surface area (Å²) in [6.45, 7) is 0.340. The third-order valence-electron chi connectivity index (χ3n) is 2.88. The fourth-order valence-electron chi connectivity index (χ4n) is 2.10. The summed E-state index contributed by atoms with van der Waals surface area (Å²) in [6.07, 6.45) is 1.60. The second-order valence-corrected chi connectivity index (χ2v) is 4.95. The average molecular weight is 284 g/mol. The van der Waals surface area contributed by atoms with Crippen molar-refractivity contribution in [3.05, 3.63) is 33.8 Å². The van der Waals surface area contributed by atoms with Gasteiger partial charge in [0.15, 0.2) is 0 Å². The van der Waals surface area contributed by atoms with Gasteiger partial charge in [-0.3, -0.25) is 4.79 Å². The minimum absolute atomic E-state index is 0.00302. The molecule has 0 heterocycles. The third kappa shape index (κ3) is 2.44. The first kappa shape index (κ1) is 11.6. The molecule has 0 saturated carbocycles. The van der Waals surface area contributed by atoms with E-state index in [1.807, 2.05) is 6.07 Å². The van der Waals surface area contributed by atoms with E-state index in [0.29, 0.717) is 6.54 Å². The summed E-state index contributed by atoms with van der Waals surface area (Å²) in [6, 6.07) is 6.15. The molecule has 1 amide bonds. The Hall–Kier alpha value is -0.870. The first-order valence-electron chi connectivity index (χ1n) is 5.36. The van der Waals surface area contributed by atoms with Crippen LogP contribution in [0.15, 0.2) is 22.7 Å². The summed E-state index contributed by atoms with van der Waals surface area (Å²) in [5.74, 6) is 0.0669. The largest absolute Gasteiger partial charge is 0.395 e. The molecular weight excluding hydrogens is 270 g/mol. The third-order valence-corrected chi connectivity index (χ3v) is 3.38. The Morgan fingerprint density at radius 1 is 1.44 bits per heavy atom. The van der Waals surface area contributed by atoms with E-state index in [2.05, 4.69) is 33.4 Å². The molecule has 1 aromatic carbocycles. The van der Waals surface area contributed by atoms with Gasteiger partial charge in [0.05, 0.1) is 6.61 Å². The van der Waals surface area contributed by atoms with Crippen LogP contribution in [0.1, 0.15) is 11.1 Å². The van der Waals surface area contributed by atoms with E-state index in [-0.39, 0.29) is 18.4 Å². The molecule has 0 aliphatic heterocycles. The van der Waals surface area contributed by atoms with Gasteiger partial charge in [0, 0.05) is 16.9 Å². The number of hydrogen-bond donors (Lipinski definition) is 2. The zero-order valence-electron chi connectivity index (χ0n) is 8.87. The standard InChI is InChI=1S/C12H14BrNO2/c13-11-2-1-8-5-10(6-9(8)7-11)12(16)14-3-4-15/h1-2,7,10,15H,3-6H2,(H,14,16). The predicted octanol–water partition coefficient (Wildman–Crippen LogP) is 1.27. The molecule has 1 aliphatic rings. The maximum atomic E-state index is 11.7. The van der Waals surface area contributed by atoms with Crippen molar-refractivity contribution < 1.29 is 9.90 Å². The van der Waals surface area contributed by atoms with Crippen LogP contribution < -0.4 is 5.32 Å². The molecule has 3 nitrogen and oxygen atoms in total. The van der Waals surface area contributed by atoms with E-state index < -0.39 is 0 Å². The second-order valence-electron chi connectivity index (χ2n) is 4.03. The number of hydrogen-bond acceptors (Lipinski definition) is 2. The van der Waals surface area contributed by atoms with Crippen molar-refractivity contribution in [2.24, 2.45) is 5.92 Å². The molecule has 0 bridgehead atoms. The highest BCUT2D eigenvalue weighted by Crippen LogP contribution is 2.29. The van der Waals surface area contributed by atoms with E-state index in [1.54, 1.807) is 0 Å². The highest BCUT2D eigenvalue weighted by Gasteiger charge is 2.26. The lowest BCUT2D eigenvalue weighted by atomic mass is 10.1. The molecule has 2 N–H and O–H groups in total. The molecule has 0 fully saturated rings. The van der Waals surface area contributed by atoms with Gasteiger partial charge in [-0.1, -0.05) is 22.0 Å². The maximum Gasteiger partial charge on any atom is 0.223 e. The predicted molar refractivity (Wildman–Crippen MR) is 65.1 cm³/mol. The van der Waals surface area contributed by atoms with E-state index in [0.717, 1.165) is 17.3 Å². The monoisotopic (exact) mass is 283 g/mol. The van der Waals surface area contributed by atoms with Crippen molar-refractivity contribution in [1.82, 2.24) is 5.32 Å². The van der Waals surface area contributed by atoms with Gasteiger partial charge in [-0.25, -0.2) is 0 Å². The fourth-order valence-corrected chi connectivity index (χ4v) is 2.50. The lowest BCUT2D eigenvalue weighted by molar-refractivity contribution is -0.124. The molecule has 0 saturated heterocycles. The topological polar surface area (TPSA) is 49.3 Å². The number of aliphatic hydroxyl groups excluding tert-OH is 1. The summed E-state index contributed by atoms with van der Waals surface area (Å²) in [4.78, 5) is 11.7. The summed E-state index contributed by atoms with van der Waals surface area (Å²) < 4.78 is 1.06. The van der Waals surface area contributed by atoms with Gasteiger partial charge in [-0.2, -0.15) is 0 Å². The summed E-state index contributed by atoms with van der Waals surface area (Å²) in [5, 5.41) is 11.4. The average Bonchev–Trinajstić information content (AvgIpc) is 2.68. The van der Waals surface area contributed by atoms with Gasteiger partial charge in [0.25, 0.3) is 0 Å². The Bertz CT molecular complexity index is 406. The minimum atomic E-state index is -0.00302. The Morgan fingerprint density at radius 3 is 2.94 bits per heavy atom. The number of carbonyl (C=O) groups excluding carboxylic acids is 1. The highest BCUT2D eigenvalue weighted by atomic mass is 79.9. The first-order valence-corrected chi connectivity index (χ1v) is 6.16. The molecule has 1 atom stereocenters. The molecule has 1 aromatic rings. The molecule has 86 valence electrons. The Labute approximate surface area is 103 Å². The van der Waals surface area contributed by atoms with Crippen LogP contribution in [0.3, 0.4) is 0 Å². The van der Waals surface area contributed by atoms with Crippen LogP contribution in [0.25, 0.3) is 0 Å². The van der Waals surface area contributed by atoms with E-state index in [9.17, 15) is 4.79 Å². The number of amides is 1. The minimum Gasteiger partial charge on any atom is -0.395 e. The zero-order valence-corrected chi connectivity index (χ0v) is 10.5. The summed E-state index contributed by atoms with van der Waals surface area (Å²) in [7, 11) is 0. The molecule has 1 aliphatic carbocycles. The van der Waals surface area contributed by atoms with Gasteiger partial charge >= 0.3 is 0 Å². The molecule has 4 heteroatoms. The second kappa shape index (κ2) is 4.97. The Morgan fingerprint density at radius 2 is 2.19 bits per heavy atom. The summed E-state index contributed by atoms with van der Waals surface area (Å²) in [5.41, 5.74) is 2.51. The van der Waals surface area contributed by atoms with Crippen LogP contribution in [0.4, 0.5) is 0 Å². The van der Waals surface area contributed by atoms with Gasteiger partial charge < -0.3 is 10.4 Å². The van der Waals surface area contributed by atoms with Crippen LogP contribution in [0, 0.1) is 5.92 Å². The van der Waals surface area contributed by atoms with Crippen molar-refractivity contribution in [3.63, 3.8) is 0 Å². The number of rotatable bonds is 3. The molecular formula is C12H14BrNO2. The lowest BCUT2D eigenvalue weighted by Gasteiger charge is -2.08. The zero-order chi connectivity index (χ0) is 11.5. The quantitative estimate of drug-likeness (QED) is 0.878. The van der Waals surface area contributed by atoms with Crippen molar-refractivity contribution in [1.29, 1.82) is 0 Å². The van der Waals surface area contributed by atoms with Crippen LogP contribution in [0.2, 0.25) is 0 Å². The normalized spacial score (nSPS) is 18.2. The molecule has 0 spiro atoms. The Balaban J connectivity index is 2.02. The van der Waals surface area contributed by atoms with E-state index >= 15 is 0 Å². The lowest BCUT2D eigenvalue weighted by Crippen LogP contribution is -2.33. The van der Waals surface area contributed by atoms with Crippen LogP contribution in [-0.2, 0) is 17.6 Å². The molecule has 16 heavy (non-hydrogen) atoms. The van der Waals surface area contributed by atoms with Crippen molar-refractivity contribution in [3.8, 4) is 0 Å². The van der Waals surface area contributed by atoms with Crippen LogP contribution >= 0.6 is 15.9 Å². The van der Waals surface area contributed by atoms with E-state index in [4.69, 9.17) is 5.11 Å². The number of benzene rings is 1. The summed E-state index contributed by atoms with van der Waals surface area (Å²) >= 11 is 3.43.